The highest BCUT2D eigenvalue weighted by molar-refractivity contribution is 5.34. The summed E-state index contributed by atoms with van der Waals surface area (Å²) in [5, 5.41) is 0. The molecular formula is C16H19N. The molecule has 1 aromatic carbocycles. The number of hydrogen-bond acceptors (Lipinski definition) is 1. The van der Waals surface area contributed by atoms with Gasteiger partial charge < -0.3 is 5.73 Å². The third kappa shape index (κ3) is 3.35. The van der Waals surface area contributed by atoms with Crippen molar-refractivity contribution in [1.82, 2.24) is 0 Å². The number of rotatable bonds is 4. The lowest BCUT2D eigenvalue weighted by molar-refractivity contribution is 1.03. The summed E-state index contributed by atoms with van der Waals surface area (Å²) in [6.07, 6.45) is 11.4. The molecule has 0 aliphatic heterocycles. The van der Waals surface area contributed by atoms with Crippen molar-refractivity contribution >= 4 is 0 Å². The Morgan fingerprint density at radius 3 is 2.41 bits per heavy atom. The summed E-state index contributed by atoms with van der Waals surface area (Å²) < 4.78 is 0. The molecule has 0 bridgehead atoms. The lowest BCUT2D eigenvalue weighted by Gasteiger charge is -2.04. The van der Waals surface area contributed by atoms with E-state index in [9.17, 15) is 0 Å². The van der Waals surface area contributed by atoms with Gasteiger partial charge in [0.2, 0.25) is 0 Å². The van der Waals surface area contributed by atoms with Gasteiger partial charge >= 0.3 is 0 Å². The van der Waals surface area contributed by atoms with Crippen molar-refractivity contribution in [2.45, 2.75) is 26.2 Å². The van der Waals surface area contributed by atoms with Crippen molar-refractivity contribution in [3.05, 3.63) is 71.0 Å². The molecule has 88 valence electrons. The smallest absolute Gasteiger partial charge is 0.0122 e. The molecule has 1 heteroatoms. The van der Waals surface area contributed by atoms with E-state index in [4.69, 9.17) is 5.73 Å². The van der Waals surface area contributed by atoms with Gasteiger partial charge in [0.1, 0.15) is 0 Å². The van der Waals surface area contributed by atoms with Crippen LogP contribution in [-0.2, 0) is 12.8 Å². The lowest BCUT2D eigenvalue weighted by atomic mass is 10.0. The Morgan fingerprint density at radius 2 is 1.82 bits per heavy atom. The summed E-state index contributed by atoms with van der Waals surface area (Å²) in [4.78, 5) is 0. The first kappa shape index (κ1) is 11.7. The largest absolute Gasteiger partial charge is 0.402 e. The van der Waals surface area contributed by atoms with Crippen molar-refractivity contribution < 1.29 is 0 Å². The second-order valence-corrected chi connectivity index (χ2v) is 4.51. The molecule has 1 aromatic rings. The summed E-state index contributed by atoms with van der Waals surface area (Å²) in [6, 6.07) is 8.85. The van der Waals surface area contributed by atoms with E-state index in [0.717, 1.165) is 25.0 Å². The second-order valence-electron chi connectivity index (χ2n) is 4.51. The van der Waals surface area contributed by atoms with Gasteiger partial charge in [0.15, 0.2) is 0 Å². The molecule has 0 atom stereocenters. The zero-order chi connectivity index (χ0) is 12.1. The molecule has 1 nitrogen and oxygen atoms in total. The van der Waals surface area contributed by atoms with Crippen LogP contribution in [0.1, 0.15) is 24.5 Å². The summed E-state index contributed by atoms with van der Waals surface area (Å²) in [7, 11) is 0. The normalized spacial score (nSPS) is 15.1. The predicted octanol–water partition coefficient (Wildman–Crippen LogP) is 3.52. The predicted molar refractivity (Wildman–Crippen MR) is 73.6 cm³/mol. The average molecular weight is 225 g/mol. The molecular weight excluding hydrogens is 206 g/mol. The fourth-order valence-electron chi connectivity index (χ4n) is 2.04. The maximum absolute atomic E-state index is 5.76. The van der Waals surface area contributed by atoms with E-state index in [1.807, 2.05) is 6.08 Å². The molecule has 0 radical (unpaired) electrons. The Hall–Kier alpha value is -1.76. The first-order valence-electron chi connectivity index (χ1n) is 6.11. The second kappa shape index (κ2) is 5.53. The first-order chi connectivity index (χ1) is 8.28. The standard InChI is InChI=1S/C16H19N/c1-2-3-4-13-5-7-14(8-6-13)11-15-9-10-16(17)12-15/h2-3,5-10H,4,11-12,17H2,1H3/b3-2+. The van der Waals surface area contributed by atoms with Gasteiger partial charge in [-0.3, -0.25) is 0 Å². The molecule has 0 unspecified atom stereocenters. The molecule has 0 spiro atoms. The minimum absolute atomic E-state index is 0.931. The minimum atomic E-state index is 0.931. The minimum Gasteiger partial charge on any atom is -0.402 e. The van der Waals surface area contributed by atoms with Crippen LogP contribution in [-0.4, -0.2) is 0 Å². The van der Waals surface area contributed by atoms with Crippen molar-refractivity contribution in [1.29, 1.82) is 0 Å². The summed E-state index contributed by atoms with van der Waals surface area (Å²) in [6.45, 7) is 2.05. The average Bonchev–Trinajstić information content (AvgIpc) is 2.74. The van der Waals surface area contributed by atoms with Crippen molar-refractivity contribution in [3.63, 3.8) is 0 Å². The van der Waals surface area contributed by atoms with Gasteiger partial charge in [0.05, 0.1) is 0 Å². The van der Waals surface area contributed by atoms with Crippen LogP contribution in [0.5, 0.6) is 0 Å². The zero-order valence-electron chi connectivity index (χ0n) is 10.3. The highest BCUT2D eigenvalue weighted by atomic mass is 14.6. The summed E-state index contributed by atoms with van der Waals surface area (Å²) in [5.41, 5.74) is 10.9. The SMILES string of the molecule is C/C=C/Cc1ccc(CC2=CC=C(N)C2)cc1. The Bertz CT molecular complexity index is 461. The molecule has 0 saturated carbocycles. The van der Waals surface area contributed by atoms with Crippen LogP contribution in [0.15, 0.2) is 59.8 Å². The maximum atomic E-state index is 5.76. The number of benzene rings is 1. The topological polar surface area (TPSA) is 26.0 Å². The molecule has 2 N–H and O–H groups in total. The molecule has 0 heterocycles. The molecule has 2 rings (SSSR count). The molecule has 0 amide bonds. The monoisotopic (exact) mass is 225 g/mol. The summed E-state index contributed by atoms with van der Waals surface area (Å²) in [5.74, 6) is 0. The quantitative estimate of drug-likeness (QED) is 0.779. The van der Waals surface area contributed by atoms with Gasteiger partial charge in [0.25, 0.3) is 0 Å². The van der Waals surface area contributed by atoms with E-state index < -0.39 is 0 Å². The Morgan fingerprint density at radius 1 is 1.12 bits per heavy atom. The van der Waals surface area contributed by atoms with Gasteiger partial charge in [-0.25, -0.2) is 0 Å². The van der Waals surface area contributed by atoms with E-state index >= 15 is 0 Å². The van der Waals surface area contributed by atoms with Crippen molar-refractivity contribution in [2.24, 2.45) is 5.73 Å². The Labute approximate surface area is 103 Å². The molecule has 1 aliphatic rings. The van der Waals surface area contributed by atoms with Crippen molar-refractivity contribution in [2.75, 3.05) is 0 Å². The highest BCUT2D eigenvalue weighted by Crippen LogP contribution is 2.19. The van der Waals surface area contributed by atoms with Gasteiger partial charge in [0, 0.05) is 12.1 Å². The fraction of sp³-hybridized carbons (Fsp3) is 0.250. The third-order valence-electron chi connectivity index (χ3n) is 3.01. The van der Waals surface area contributed by atoms with Crippen LogP contribution < -0.4 is 5.73 Å². The van der Waals surface area contributed by atoms with Gasteiger partial charge in [-0.2, -0.15) is 0 Å². The highest BCUT2D eigenvalue weighted by Gasteiger charge is 2.05. The van der Waals surface area contributed by atoms with Crippen LogP contribution in [0.4, 0.5) is 0 Å². The van der Waals surface area contributed by atoms with E-state index in [2.05, 4.69) is 49.4 Å². The van der Waals surface area contributed by atoms with Crippen LogP contribution in [0.3, 0.4) is 0 Å². The Kier molecular flexibility index (Phi) is 3.81. The third-order valence-corrected chi connectivity index (χ3v) is 3.01. The molecule has 0 aromatic heterocycles. The van der Waals surface area contributed by atoms with Gasteiger partial charge in [-0.1, -0.05) is 48.1 Å². The van der Waals surface area contributed by atoms with E-state index in [0.29, 0.717) is 0 Å². The molecule has 17 heavy (non-hydrogen) atoms. The van der Waals surface area contributed by atoms with Crippen molar-refractivity contribution in [3.8, 4) is 0 Å². The number of nitrogens with two attached hydrogens (primary N) is 1. The first-order valence-corrected chi connectivity index (χ1v) is 6.11. The zero-order valence-corrected chi connectivity index (χ0v) is 10.3. The fourth-order valence-corrected chi connectivity index (χ4v) is 2.04. The molecule has 1 aliphatic carbocycles. The van der Waals surface area contributed by atoms with Crippen LogP contribution in [0, 0.1) is 0 Å². The van der Waals surface area contributed by atoms with E-state index in [1.165, 1.54) is 16.7 Å². The van der Waals surface area contributed by atoms with E-state index in [1.54, 1.807) is 0 Å². The number of hydrogen-bond donors (Lipinski definition) is 1. The maximum Gasteiger partial charge on any atom is 0.0122 e. The summed E-state index contributed by atoms with van der Waals surface area (Å²) >= 11 is 0. The van der Waals surface area contributed by atoms with Crippen LogP contribution in [0.2, 0.25) is 0 Å². The van der Waals surface area contributed by atoms with Gasteiger partial charge in [-0.05, 0) is 37.0 Å². The van der Waals surface area contributed by atoms with E-state index in [-0.39, 0.29) is 0 Å². The van der Waals surface area contributed by atoms with Crippen LogP contribution in [0.25, 0.3) is 0 Å². The molecule has 0 saturated heterocycles. The Balaban J connectivity index is 1.94. The molecule has 0 fully saturated rings. The van der Waals surface area contributed by atoms with Crippen LogP contribution >= 0.6 is 0 Å². The lowest BCUT2D eigenvalue weighted by Crippen LogP contribution is -1.96. The van der Waals surface area contributed by atoms with Gasteiger partial charge in [-0.15, -0.1) is 0 Å². The number of allylic oxidation sites excluding steroid dienone is 5.